The molecule has 0 aromatic heterocycles. The van der Waals surface area contributed by atoms with E-state index in [1.807, 2.05) is 13.0 Å². The van der Waals surface area contributed by atoms with Gasteiger partial charge < -0.3 is 20.7 Å². The molecule has 0 saturated carbocycles. The van der Waals surface area contributed by atoms with Crippen LogP contribution in [0.1, 0.15) is 31.7 Å². The zero-order valence-corrected chi connectivity index (χ0v) is 15.1. The summed E-state index contributed by atoms with van der Waals surface area (Å²) in [6, 6.07) is 8.18. The van der Waals surface area contributed by atoms with Gasteiger partial charge in [-0.2, -0.15) is 5.26 Å². The Balaban J connectivity index is 2.47. The van der Waals surface area contributed by atoms with E-state index >= 15 is 0 Å². The summed E-state index contributed by atoms with van der Waals surface area (Å²) in [6.07, 6.45) is 2.25. The molecule has 1 amide bonds. The molecule has 0 bridgehead atoms. The average Bonchev–Trinajstić information content (AvgIpc) is 2.62. The first-order valence-corrected chi connectivity index (χ1v) is 8.33. The summed E-state index contributed by atoms with van der Waals surface area (Å²) in [5.74, 6) is -0.822. The molecule has 7 nitrogen and oxygen atoms in total. The molecule has 3 N–H and O–H groups in total. The lowest BCUT2D eigenvalue weighted by atomic mass is 10.1. The number of carbonyl (C=O) groups is 2. The summed E-state index contributed by atoms with van der Waals surface area (Å²) in [5, 5.41) is 17.4. The van der Waals surface area contributed by atoms with Gasteiger partial charge >= 0.3 is 5.97 Å². The van der Waals surface area contributed by atoms with E-state index in [1.54, 1.807) is 24.3 Å². The molecule has 134 valence electrons. The molecule has 1 aromatic carbocycles. The number of ether oxygens (including phenoxy) is 1. The van der Waals surface area contributed by atoms with Gasteiger partial charge in [0, 0.05) is 5.69 Å². The Bertz CT molecular complexity index is 658. The van der Waals surface area contributed by atoms with Crippen LogP contribution in [0.2, 0.25) is 0 Å². The zero-order valence-electron chi connectivity index (χ0n) is 14.3. The minimum Gasteiger partial charge on any atom is -0.467 e. The number of methoxy groups -OCH3 is 1. The first kappa shape index (κ1) is 20.4. The molecule has 0 aliphatic rings. The number of anilines is 1. The standard InChI is InChI=1S/C17H22N4O3S/c1-3-4-8-14(16(23)24-2)21-15(22)11-19-17(25)20-13-7-5-6-12(9-13)10-18/h5-7,9,14H,3-4,8,11H2,1-2H3,(H,21,22)(H2,19,20,25). The van der Waals surface area contributed by atoms with Crippen LogP contribution < -0.4 is 16.0 Å². The van der Waals surface area contributed by atoms with E-state index in [1.165, 1.54) is 7.11 Å². The second-order valence-electron chi connectivity index (χ2n) is 5.29. The molecular formula is C17H22N4O3S. The molecule has 0 aliphatic heterocycles. The van der Waals surface area contributed by atoms with Crippen molar-refractivity contribution in [3.63, 3.8) is 0 Å². The van der Waals surface area contributed by atoms with Gasteiger partial charge in [-0.05, 0) is 36.8 Å². The van der Waals surface area contributed by atoms with Crippen LogP contribution in [0, 0.1) is 11.3 Å². The molecule has 1 aromatic rings. The third-order valence-electron chi connectivity index (χ3n) is 3.33. The molecule has 0 saturated heterocycles. The van der Waals surface area contributed by atoms with Crippen molar-refractivity contribution in [2.75, 3.05) is 19.0 Å². The molecule has 0 radical (unpaired) electrons. The lowest BCUT2D eigenvalue weighted by Crippen LogP contribution is -2.46. The van der Waals surface area contributed by atoms with Crippen molar-refractivity contribution in [1.82, 2.24) is 10.6 Å². The molecule has 0 heterocycles. The normalized spacial score (nSPS) is 10.9. The van der Waals surface area contributed by atoms with Crippen molar-refractivity contribution in [1.29, 1.82) is 5.26 Å². The number of benzene rings is 1. The maximum Gasteiger partial charge on any atom is 0.328 e. The van der Waals surface area contributed by atoms with Gasteiger partial charge in [0.2, 0.25) is 5.91 Å². The highest BCUT2D eigenvalue weighted by atomic mass is 32.1. The van der Waals surface area contributed by atoms with Gasteiger partial charge in [-0.3, -0.25) is 4.79 Å². The minimum absolute atomic E-state index is 0.0800. The number of hydrogen-bond acceptors (Lipinski definition) is 5. The molecule has 25 heavy (non-hydrogen) atoms. The quantitative estimate of drug-likeness (QED) is 0.478. The van der Waals surface area contributed by atoms with Gasteiger partial charge in [-0.1, -0.05) is 25.8 Å². The largest absolute Gasteiger partial charge is 0.467 e. The highest BCUT2D eigenvalue weighted by Crippen LogP contribution is 2.09. The fourth-order valence-electron chi connectivity index (χ4n) is 2.05. The highest BCUT2D eigenvalue weighted by Gasteiger charge is 2.20. The van der Waals surface area contributed by atoms with Crippen molar-refractivity contribution >= 4 is 34.9 Å². The first-order chi connectivity index (χ1) is 12.0. The predicted molar refractivity (Wildman–Crippen MR) is 98.9 cm³/mol. The summed E-state index contributed by atoms with van der Waals surface area (Å²) >= 11 is 5.12. The van der Waals surface area contributed by atoms with E-state index in [0.29, 0.717) is 17.7 Å². The van der Waals surface area contributed by atoms with Gasteiger partial charge in [0.05, 0.1) is 25.3 Å². The molecular weight excluding hydrogens is 340 g/mol. The third-order valence-corrected chi connectivity index (χ3v) is 3.57. The van der Waals surface area contributed by atoms with Crippen molar-refractivity contribution in [2.24, 2.45) is 0 Å². The maximum atomic E-state index is 12.0. The highest BCUT2D eigenvalue weighted by molar-refractivity contribution is 7.80. The summed E-state index contributed by atoms with van der Waals surface area (Å²) in [5.41, 5.74) is 1.15. The number of hydrogen-bond donors (Lipinski definition) is 3. The fourth-order valence-corrected chi connectivity index (χ4v) is 2.24. The van der Waals surface area contributed by atoms with E-state index in [9.17, 15) is 9.59 Å². The summed E-state index contributed by atoms with van der Waals surface area (Å²) in [7, 11) is 1.29. The van der Waals surface area contributed by atoms with E-state index in [4.69, 9.17) is 22.2 Å². The van der Waals surface area contributed by atoms with E-state index < -0.39 is 12.0 Å². The van der Waals surface area contributed by atoms with Crippen LogP contribution in [0.15, 0.2) is 24.3 Å². The second-order valence-corrected chi connectivity index (χ2v) is 5.69. The first-order valence-electron chi connectivity index (χ1n) is 7.92. The topological polar surface area (TPSA) is 103 Å². The SMILES string of the molecule is CCCCC(NC(=O)CNC(=S)Nc1cccc(C#N)c1)C(=O)OC. The second kappa shape index (κ2) is 11.0. The van der Waals surface area contributed by atoms with Gasteiger partial charge in [0.1, 0.15) is 6.04 Å². The number of rotatable bonds is 8. The number of amides is 1. The van der Waals surface area contributed by atoms with Crippen LogP contribution in [0.5, 0.6) is 0 Å². The van der Waals surface area contributed by atoms with Crippen LogP contribution in [0.3, 0.4) is 0 Å². The Morgan fingerprint density at radius 3 is 2.80 bits per heavy atom. The Hall–Kier alpha value is -2.66. The Labute approximate surface area is 152 Å². The van der Waals surface area contributed by atoms with Crippen LogP contribution in [-0.4, -0.2) is 36.7 Å². The molecule has 0 fully saturated rings. The van der Waals surface area contributed by atoms with Gasteiger partial charge in [0.25, 0.3) is 0 Å². The minimum atomic E-state index is -0.659. The number of nitrogens with zero attached hydrogens (tertiary/aromatic N) is 1. The van der Waals surface area contributed by atoms with Crippen molar-refractivity contribution in [3.8, 4) is 6.07 Å². The van der Waals surface area contributed by atoms with Crippen LogP contribution >= 0.6 is 12.2 Å². The lowest BCUT2D eigenvalue weighted by Gasteiger charge is -2.17. The number of nitriles is 1. The number of esters is 1. The fraction of sp³-hybridized carbons (Fsp3) is 0.412. The monoisotopic (exact) mass is 362 g/mol. The predicted octanol–water partition coefficient (Wildman–Crippen LogP) is 1.69. The van der Waals surface area contributed by atoms with E-state index in [0.717, 1.165) is 12.8 Å². The number of nitrogens with one attached hydrogen (secondary N) is 3. The van der Waals surface area contributed by atoms with Crippen molar-refractivity contribution in [3.05, 3.63) is 29.8 Å². The molecule has 1 rings (SSSR count). The molecule has 0 aliphatic carbocycles. The third kappa shape index (κ3) is 7.63. The lowest BCUT2D eigenvalue weighted by molar-refractivity contribution is -0.145. The summed E-state index contributed by atoms with van der Waals surface area (Å²) in [4.78, 5) is 23.7. The van der Waals surface area contributed by atoms with Crippen LogP contribution in [0.4, 0.5) is 5.69 Å². The van der Waals surface area contributed by atoms with Gasteiger partial charge in [-0.25, -0.2) is 4.79 Å². The van der Waals surface area contributed by atoms with Gasteiger partial charge in [0.15, 0.2) is 5.11 Å². The molecule has 1 atom stereocenters. The Morgan fingerprint density at radius 1 is 1.40 bits per heavy atom. The summed E-state index contributed by atoms with van der Waals surface area (Å²) < 4.78 is 4.70. The number of unbranched alkanes of at least 4 members (excludes halogenated alkanes) is 1. The van der Waals surface area contributed by atoms with E-state index in [-0.39, 0.29) is 17.6 Å². The zero-order chi connectivity index (χ0) is 18.7. The molecule has 0 spiro atoms. The number of thiocarbonyl (C=S) groups is 1. The van der Waals surface area contributed by atoms with Crippen molar-refractivity contribution in [2.45, 2.75) is 32.2 Å². The van der Waals surface area contributed by atoms with Crippen LogP contribution in [0.25, 0.3) is 0 Å². The van der Waals surface area contributed by atoms with Gasteiger partial charge in [-0.15, -0.1) is 0 Å². The van der Waals surface area contributed by atoms with E-state index in [2.05, 4.69) is 16.0 Å². The average molecular weight is 362 g/mol. The summed E-state index contributed by atoms with van der Waals surface area (Å²) in [6.45, 7) is 1.92. The number of carbonyl (C=O) groups excluding carboxylic acids is 2. The van der Waals surface area contributed by atoms with Crippen LogP contribution in [-0.2, 0) is 14.3 Å². The Morgan fingerprint density at radius 2 is 2.16 bits per heavy atom. The molecule has 8 heteroatoms. The maximum absolute atomic E-state index is 12.0. The van der Waals surface area contributed by atoms with Crippen molar-refractivity contribution < 1.29 is 14.3 Å². The molecule has 1 unspecified atom stereocenters. The smallest absolute Gasteiger partial charge is 0.328 e. The Kier molecular flexibility index (Phi) is 8.96.